The van der Waals surface area contributed by atoms with Crippen LogP contribution in [0, 0.1) is 19.8 Å². The van der Waals surface area contributed by atoms with Gasteiger partial charge in [-0.2, -0.15) is 0 Å². The molecule has 0 spiro atoms. The number of H-pyrrole nitrogens is 1. The summed E-state index contributed by atoms with van der Waals surface area (Å²) in [7, 11) is 0. The predicted molar refractivity (Wildman–Crippen MR) is 86.1 cm³/mol. The number of aromatic nitrogens is 1. The lowest BCUT2D eigenvalue weighted by molar-refractivity contribution is -0.141. The number of nitrogens with one attached hydrogen (secondary N) is 2. The third-order valence-corrected chi connectivity index (χ3v) is 3.83. The fraction of sp³-hybridized carbons (Fsp3) is 0.412. The Balaban J connectivity index is 2.13. The highest BCUT2D eigenvalue weighted by atomic mass is 16.4. The number of rotatable bonds is 6. The minimum absolute atomic E-state index is 0.148. The Morgan fingerprint density at radius 3 is 2.64 bits per heavy atom. The van der Waals surface area contributed by atoms with Crippen LogP contribution in [0.5, 0.6) is 0 Å². The molecule has 0 fully saturated rings. The summed E-state index contributed by atoms with van der Waals surface area (Å²) in [5.41, 5.74) is 3.63. The molecule has 5 nitrogen and oxygen atoms in total. The Morgan fingerprint density at radius 1 is 1.27 bits per heavy atom. The number of carboxylic acids is 1. The van der Waals surface area contributed by atoms with Crippen molar-refractivity contribution in [2.45, 2.75) is 33.6 Å². The van der Waals surface area contributed by atoms with Crippen LogP contribution in [0.1, 0.15) is 41.4 Å². The molecule has 1 aromatic heterocycles. The third-order valence-electron chi connectivity index (χ3n) is 3.83. The second-order valence-corrected chi connectivity index (χ2v) is 5.76. The molecule has 22 heavy (non-hydrogen) atoms. The molecule has 0 radical (unpaired) electrons. The number of amides is 1. The van der Waals surface area contributed by atoms with Crippen LogP contribution in [-0.2, 0) is 4.79 Å². The van der Waals surface area contributed by atoms with Crippen LogP contribution in [0.15, 0.2) is 18.2 Å². The number of hydrogen-bond acceptors (Lipinski definition) is 2. The molecular weight excluding hydrogens is 280 g/mol. The Hall–Kier alpha value is -2.30. The van der Waals surface area contributed by atoms with E-state index in [4.69, 9.17) is 5.11 Å². The van der Waals surface area contributed by atoms with Crippen molar-refractivity contribution in [3.63, 3.8) is 0 Å². The number of carbonyl (C=O) groups is 2. The number of aryl methyl sites for hydroxylation is 2. The first-order valence-electron chi connectivity index (χ1n) is 7.53. The Morgan fingerprint density at radius 2 is 2.00 bits per heavy atom. The van der Waals surface area contributed by atoms with Gasteiger partial charge in [0.2, 0.25) is 0 Å². The fourth-order valence-electron chi connectivity index (χ4n) is 2.69. The second-order valence-electron chi connectivity index (χ2n) is 5.76. The van der Waals surface area contributed by atoms with Crippen LogP contribution in [-0.4, -0.2) is 28.5 Å². The van der Waals surface area contributed by atoms with E-state index in [2.05, 4.69) is 16.4 Å². The van der Waals surface area contributed by atoms with Crippen LogP contribution in [0.3, 0.4) is 0 Å². The first-order valence-corrected chi connectivity index (χ1v) is 7.53. The van der Waals surface area contributed by atoms with Crippen LogP contribution >= 0.6 is 0 Å². The van der Waals surface area contributed by atoms with E-state index in [1.165, 1.54) is 0 Å². The summed E-state index contributed by atoms with van der Waals surface area (Å²) in [6, 6.07) is 5.88. The molecule has 2 rings (SSSR count). The standard InChI is InChI=1S/C17H22N2O3/c1-4-5-12(17(21)22)9-18-16(20)15-8-13-11(3)6-10(2)7-14(13)19-15/h6-8,12,19H,4-5,9H2,1-3H3,(H,18,20)(H,21,22). The molecule has 1 atom stereocenters. The van der Waals surface area contributed by atoms with E-state index in [-0.39, 0.29) is 12.5 Å². The van der Waals surface area contributed by atoms with Crippen molar-refractivity contribution in [3.05, 3.63) is 35.0 Å². The molecule has 0 saturated heterocycles. The molecule has 118 valence electrons. The van der Waals surface area contributed by atoms with Gasteiger partial charge in [-0.05, 0) is 43.5 Å². The van der Waals surface area contributed by atoms with E-state index >= 15 is 0 Å². The molecule has 1 amide bonds. The van der Waals surface area contributed by atoms with E-state index < -0.39 is 11.9 Å². The monoisotopic (exact) mass is 302 g/mol. The van der Waals surface area contributed by atoms with E-state index in [1.807, 2.05) is 32.9 Å². The minimum atomic E-state index is -0.870. The zero-order valence-corrected chi connectivity index (χ0v) is 13.2. The number of benzene rings is 1. The van der Waals surface area contributed by atoms with Crippen molar-refractivity contribution in [2.75, 3.05) is 6.54 Å². The number of aliphatic carboxylic acids is 1. The Labute approximate surface area is 129 Å². The van der Waals surface area contributed by atoms with Gasteiger partial charge in [-0.1, -0.05) is 19.4 Å². The lowest BCUT2D eigenvalue weighted by Gasteiger charge is -2.11. The number of aromatic amines is 1. The largest absolute Gasteiger partial charge is 0.481 e. The third kappa shape index (κ3) is 3.47. The second kappa shape index (κ2) is 6.64. The lowest BCUT2D eigenvalue weighted by Crippen LogP contribution is -2.33. The first-order chi connectivity index (χ1) is 10.4. The van der Waals surface area contributed by atoms with Gasteiger partial charge in [-0.3, -0.25) is 9.59 Å². The van der Waals surface area contributed by atoms with E-state index in [0.29, 0.717) is 12.1 Å². The summed E-state index contributed by atoms with van der Waals surface area (Å²) in [6.07, 6.45) is 1.33. The Bertz CT molecular complexity index is 703. The van der Waals surface area contributed by atoms with Gasteiger partial charge >= 0.3 is 5.97 Å². The van der Waals surface area contributed by atoms with Gasteiger partial charge in [-0.25, -0.2) is 0 Å². The van der Waals surface area contributed by atoms with Gasteiger partial charge < -0.3 is 15.4 Å². The summed E-state index contributed by atoms with van der Waals surface area (Å²) >= 11 is 0. The summed E-state index contributed by atoms with van der Waals surface area (Å²) in [5.74, 6) is -1.68. The topological polar surface area (TPSA) is 82.2 Å². The normalized spacial score (nSPS) is 12.3. The molecule has 0 saturated carbocycles. The van der Waals surface area contributed by atoms with E-state index in [9.17, 15) is 9.59 Å². The van der Waals surface area contributed by atoms with E-state index in [1.54, 1.807) is 0 Å². The van der Waals surface area contributed by atoms with Crippen molar-refractivity contribution < 1.29 is 14.7 Å². The number of fused-ring (bicyclic) bond motifs is 1. The maximum absolute atomic E-state index is 12.2. The molecule has 1 heterocycles. The molecule has 0 bridgehead atoms. The van der Waals surface area contributed by atoms with Gasteiger partial charge in [-0.15, -0.1) is 0 Å². The highest BCUT2D eigenvalue weighted by Crippen LogP contribution is 2.21. The molecule has 0 aliphatic heterocycles. The van der Waals surface area contributed by atoms with Crippen molar-refractivity contribution in [2.24, 2.45) is 5.92 Å². The van der Waals surface area contributed by atoms with Crippen LogP contribution in [0.4, 0.5) is 0 Å². The average Bonchev–Trinajstić information content (AvgIpc) is 2.87. The maximum Gasteiger partial charge on any atom is 0.308 e. The zero-order chi connectivity index (χ0) is 16.3. The molecule has 0 aliphatic carbocycles. The lowest BCUT2D eigenvalue weighted by atomic mass is 10.0. The number of carboxylic acid groups (broad SMARTS) is 1. The highest BCUT2D eigenvalue weighted by Gasteiger charge is 2.18. The molecule has 1 aromatic carbocycles. The van der Waals surface area contributed by atoms with Gasteiger partial charge in [0.25, 0.3) is 5.91 Å². The van der Waals surface area contributed by atoms with Crippen molar-refractivity contribution in [1.82, 2.24) is 10.3 Å². The van der Waals surface area contributed by atoms with Gasteiger partial charge in [0.05, 0.1) is 5.92 Å². The quantitative estimate of drug-likeness (QED) is 0.767. The van der Waals surface area contributed by atoms with E-state index in [0.717, 1.165) is 28.5 Å². The zero-order valence-electron chi connectivity index (χ0n) is 13.2. The fourth-order valence-corrected chi connectivity index (χ4v) is 2.69. The summed E-state index contributed by atoms with van der Waals surface area (Å²) in [5, 5.41) is 12.8. The molecule has 2 aromatic rings. The molecule has 1 unspecified atom stereocenters. The number of hydrogen-bond donors (Lipinski definition) is 3. The molecule has 3 N–H and O–H groups in total. The molecule has 5 heteroatoms. The number of carbonyl (C=O) groups excluding carboxylic acids is 1. The highest BCUT2D eigenvalue weighted by molar-refractivity contribution is 5.99. The summed E-state index contributed by atoms with van der Waals surface area (Å²) in [6.45, 7) is 6.09. The SMILES string of the molecule is CCCC(CNC(=O)c1cc2c(C)cc(C)cc2[nH]1)C(=O)O. The van der Waals surface area contributed by atoms with Crippen LogP contribution in [0.2, 0.25) is 0 Å². The van der Waals surface area contributed by atoms with Crippen molar-refractivity contribution in [1.29, 1.82) is 0 Å². The summed E-state index contributed by atoms with van der Waals surface area (Å²) in [4.78, 5) is 26.4. The maximum atomic E-state index is 12.2. The van der Waals surface area contributed by atoms with Gasteiger partial charge in [0, 0.05) is 17.4 Å². The van der Waals surface area contributed by atoms with Crippen LogP contribution < -0.4 is 5.32 Å². The smallest absolute Gasteiger partial charge is 0.308 e. The predicted octanol–water partition coefficient (Wildman–Crippen LogP) is 3.02. The van der Waals surface area contributed by atoms with Crippen molar-refractivity contribution >= 4 is 22.8 Å². The Kier molecular flexibility index (Phi) is 4.85. The summed E-state index contributed by atoms with van der Waals surface area (Å²) < 4.78 is 0. The van der Waals surface area contributed by atoms with Crippen LogP contribution in [0.25, 0.3) is 10.9 Å². The van der Waals surface area contributed by atoms with Crippen molar-refractivity contribution in [3.8, 4) is 0 Å². The molecular formula is C17H22N2O3. The van der Waals surface area contributed by atoms with Gasteiger partial charge in [0.15, 0.2) is 0 Å². The minimum Gasteiger partial charge on any atom is -0.481 e. The first kappa shape index (κ1) is 16.1. The average molecular weight is 302 g/mol. The molecule has 0 aliphatic rings. The van der Waals surface area contributed by atoms with Gasteiger partial charge in [0.1, 0.15) is 5.69 Å².